The van der Waals surface area contributed by atoms with Crippen LogP contribution in [0.4, 0.5) is 5.69 Å². The molecule has 1 fully saturated rings. The molecule has 0 N–H and O–H groups in total. The van der Waals surface area contributed by atoms with E-state index in [9.17, 15) is 18.0 Å². The highest BCUT2D eigenvalue weighted by molar-refractivity contribution is 8.00. The fourth-order valence-electron chi connectivity index (χ4n) is 6.37. The van der Waals surface area contributed by atoms with Crippen molar-refractivity contribution < 1.29 is 22.7 Å². The second kappa shape index (κ2) is 15.7. The Morgan fingerprint density at radius 2 is 1.58 bits per heavy atom. The highest BCUT2D eigenvalue weighted by atomic mass is 32.2. The van der Waals surface area contributed by atoms with Crippen molar-refractivity contribution in [1.29, 1.82) is 0 Å². The molecule has 270 valence electrons. The van der Waals surface area contributed by atoms with Gasteiger partial charge in [-0.2, -0.15) is 19.5 Å². The van der Waals surface area contributed by atoms with E-state index in [-0.39, 0.29) is 35.8 Å². The minimum absolute atomic E-state index is 0.126. The average molecular weight is 746 g/mol. The van der Waals surface area contributed by atoms with Crippen LogP contribution in [0.1, 0.15) is 30.9 Å². The number of thioether (sulfide) groups is 1. The number of hydrogen-bond donors (Lipinski definition) is 0. The fraction of sp³-hybridized carbons (Fsp3) is 0.220. The third-order valence-electron chi connectivity index (χ3n) is 9.23. The average Bonchev–Trinajstić information content (AvgIpc) is 3.76. The van der Waals surface area contributed by atoms with Gasteiger partial charge in [-0.1, -0.05) is 66.2 Å². The third-order valence-corrected chi connectivity index (χ3v) is 12.2. The van der Waals surface area contributed by atoms with E-state index in [4.69, 9.17) is 14.9 Å². The van der Waals surface area contributed by atoms with Crippen molar-refractivity contribution in [2.24, 2.45) is 11.0 Å². The molecular formula is C41H39N5O5S2. The molecule has 0 radical (unpaired) electrons. The molecule has 3 heterocycles. The number of hydrazone groups is 1. The van der Waals surface area contributed by atoms with Crippen molar-refractivity contribution in [3.05, 3.63) is 132 Å². The van der Waals surface area contributed by atoms with Gasteiger partial charge in [0.05, 0.1) is 40.1 Å². The Morgan fingerprint density at radius 3 is 2.26 bits per heavy atom. The number of esters is 1. The Labute approximate surface area is 313 Å². The lowest BCUT2D eigenvalue weighted by Crippen LogP contribution is -2.40. The first-order valence-corrected chi connectivity index (χ1v) is 19.9. The molecule has 0 spiro atoms. The number of amides is 1. The minimum Gasteiger partial charge on any atom is -0.466 e. The molecule has 1 saturated heterocycles. The zero-order valence-corrected chi connectivity index (χ0v) is 31.1. The summed E-state index contributed by atoms with van der Waals surface area (Å²) in [6.07, 6.45) is 4.46. The summed E-state index contributed by atoms with van der Waals surface area (Å²) in [4.78, 5) is 27.6. The number of carbonyl (C=O) groups excluding carboxylic acids is 2. The standard InChI is InChI=1S/C41H39N5O5S2/c1-3-51-41(48)30-21-23-44(24-22-30)53(49,50)36-16-10-11-31(25-36)39-32(27-45(43-39)33-12-6-4-7-13-33)26-37-38(28-52-35-19-17-29(2)18-20-35)42-46(40(37)47)34-14-8-5-9-15-34/h4-20,25-27,30H,3,21-24,28H2,1-2H3/b37-26-. The topological polar surface area (TPSA) is 114 Å². The van der Waals surface area contributed by atoms with Gasteiger partial charge >= 0.3 is 5.97 Å². The number of para-hydroxylation sites is 2. The van der Waals surface area contributed by atoms with Crippen LogP contribution in [0.3, 0.4) is 0 Å². The van der Waals surface area contributed by atoms with Crippen LogP contribution in [0.15, 0.2) is 136 Å². The predicted octanol–water partition coefficient (Wildman–Crippen LogP) is 7.39. The summed E-state index contributed by atoms with van der Waals surface area (Å²) in [5.74, 6) is -0.411. The summed E-state index contributed by atoms with van der Waals surface area (Å²) in [6, 6.07) is 33.9. The van der Waals surface area contributed by atoms with Crippen molar-refractivity contribution in [3.8, 4) is 16.9 Å². The maximum absolute atomic E-state index is 14.2. The van der Waals surface area contributed by atoms with Crippen LogP contribution in [0.5, 0.6) is 0 Å². The Balaban J connectivity index is 1.26. The fourth-order valence-corrected chi connectivity index (χ4v) is 8.73. The Bertz CT molecular complexity index is 2280. The van der Waals surface area contributed by atoms with Crippen molar-refractivity contribution >= 4 is 51.1 Å². The largest absolute Gasteiger partial charge is 0.466 e. The minimum atomic E-state index is -3.88. The number of anilines is 1. The number of benzene rings is 4. The molecule has 10 nitrogen and oxygen atoms in total. The van der Waals surface area contributed by atoms with Crippen LogP contribution < -0.4 is 5.01 Å². The normalized spacial score (nSPS) is 16.3. The van der Waals surface area contributed by atoms with Gasteiger partial charge in [-0.25, -0.2) is 13.1 Å². The highest BCUT2D eigenvalue weighted by Crippen LogP contribution is 2.33. The Morgan fingerprint density at radius 1 is 0.906 bits per heavy atom. The molecule has 4 aromatic carbocycles. The van der Waals surface area contributed by atoms with E-state index in [0.717, 1.165) is 16.1 Å². The van der Waals surface area contributed by atoms with Crippen LogP contribution in [0, 0.1) is 12.8 Å². The number of nitrogens with zero attached hydrogens (tertiary/aromatic N) is 5. The van der Waals surface area contributed by atoms with E-state index in [1.54, 1.807) is 41.6 Å². The molecule has 2 aliphatic rings. The van der Waals surface area contributed by atoms with E-state index >= 15 is 0 Å². The molecule has 5 aromatic rings. The second-order valence-electron chi connectivity index (χ2n) is 12.8. The van der Waals surface area contributed by atoms with Gasteiger partial charge in [0.15, 0.2) is 0 Å². The van der Waals surface area contributed by atoms with Crippen molar-refractivity contribution in [3.63, 3.8) is 0 Å². The predicted molar refractivity (Wildman–Crippen MR) is 208 cm³/mol. The summed E-state index contributed by atoms with van der Waals surface area (Å²) >= 11 is 1.60. The maximum Gasteiger partial charge on any atom is 0.309 e. The molecule has 2 aliphatic heterocycles. The van der Waals surface area contributed by atoms with Gasteiger partial charge in [0, 0.05) is 41.1 Å². The first-order chi connectivity index (χ1) is 25.7. The molecule has 0 unspecified atom stereocenters. The van der Waals surface area contributed by atoms with Crippen LogP contribution in [-0.2, 0) is 24.3 Å². The van der Waals surface area contributed by atoms with Gasteiger partial charge in [0.2, 0.25) is 10.0 Å². The molecule has 0 atom stereocenters. The number of carbonyl (C=O) groups is 2. The van der Waals surface area contributed by atoms with E-state index < -0.39 is 10.0 Å². The summed E-state index contributed by atoms with van der Waals surface area (Å²) in [7, 11) is -3.88. The van der Waals surface area contributed by atoms with Crippen LogP contribution in [0.2, 0.25) is 0 Å². The zero-order valence-electron chi connectivity index (χ0n) is 29.5. The van der Waals surface area contributed by atoms with Gasteiger partial charge < -0.3 is 4.74 Å². The van der Waals surface area contributed by atoms with E-state index in [2.05, 4.69) is 24.3 Å². The van der Waals surface area contributed by atoms with Gasteiger partial charge in [-0.3, -0.25) is 9.59 Å². The lowest BCUT2D eigenvalue weighted by Gasteiger charge is -2.30. The van der Waals surface area contributed by atoms with Gasteiger partial charge in [-0.15, -0.1) is 11.8 Å². The monoisotopic (exact) mass is 745 g/mol. The van der Waals surface area contributed by atoms with Gasteiger partial charge in [0.25, 0.3) is 5.91 Å². The number of sulfonamides is 1. The molecule has 53 heavy (non-hydrogen) atoms. The molecule has 0 saturated carbocycles. The van der Waals surface area contributed by atoms with Gasteiger partial charge in [-0.05, 0) is 81.3 Å². The summed E-state index contributed by atoms with van der Waals surface area (Å²) in [6.45, 7) is 4.54. The molecule has 0 aliphatic carbocycles. The molecule has 1 amide bonds. The van der Waals surface area contributed by atoms with Crippen molar-refractivity contribution in [1.82, 2.24) is 14.1 Å². The summed E-state index contributed by atoms with van der Waals surface area (Å²) < 4.78 is 36.2. The van der Waals surface area contributed by atoms with Crippen molar-refractivity contribution in [2.75, 3.05) is 30.5 Å². The highest BCUT2D eigenvalue weighted by Gasteiger charge is 2.34. The molecule has 7 rings (SSSR count). The number of aryl methyl sites for hydroxylation is 1. The first kappa shape index (κ1) is 36.1. The van der Waals surface area contributed by atoms with E-state index in [1.807, 2.05) is 85.9 Å². The van der Waals surface area contributed by atoms with Crippen LogP contribution >= 0.6 is 11.8 Å². The molecular weight excluding hydrogens is 707 g/mol. The quantitative estimate of drug-likeness (QED) is 0.0787. The Kier molecular flexibility index (Phi) is 10.7. The molecule has 0 bridgehead atoms. The van der Waals surface area contributed by atoms with Gasteiger partial charge in [0.1, 0.15) is 5.69 Å². The third kappa shape index (κ3) is 7.90. The maximum atomic E-state index is 14.2. The number of aromatic nitrogens is 2. The number of rotatable bonds is 11. The number of hydrogen-bond acceptors (Lipinski definition) is 8. The zero-order chi connectivity index (χ0) is 37.0. The summed E-state index contributed by atoms with van der Waals surface area (Å²) in [5, 5.41) is 11.2. The lowest BCUT2D eigenvalue weighted by molar-refractivity contribution is -0.149. The van der Waals surface area contributed by atoms with E-state index in [0.29, 0.717) is 59.0 Å². The number of ether oxygens (including phenoxy) is 1. The van der Waals surface area contributed by atoms with Crippen molar-refractivity contribution in [2.45, 2.75) is 36.5 Å². The van der Waals surface area contributed by atoms with Crippen LogP contribution in [-0.4, -0.2) is 65.5 Å². The molecule has 12 heteroatoms. The summed E-state index contributed by atoms with van der Waals surface area (Å²) in [5.41, 5.74) is 5.38. The lowest BCUT2D eigenvalue weighted by atomic mass is 9.98. The SMILES string of the molecule is CCOC(=O)C1CCN(S(=O)(=O)c2cccc(-c3nn(-c4ccccc4)cc3/C=C3\C(=O)N(c4ccccc4)N=C3CSc3ccc(C)cc3)c2)CC1. The second-order valence-corrected chi connectivity index (χ2v) is 15.8. The Hall–Kier alpha value is -5.30. The number of piperidine rings is 1. The molecule has 1 aromatic heterocycles. The van der Waals surface area contributed by atoms with Crippen LogP contribution in [0.25, 0.3) is 23.0 Å². The smallest absolute Gasteiger partial charge is 0.309 e. The van der Waals surface area contributed by atoms with E-state index in [1.165, 1.54) is 9.31 Å². The first-order valence-electron chi connectivity index (χ1n) is 17.5.